The van der Waals surface area contributed by atoms with Gasteiger partial charge in [-0.3, -0.25) is 0 Å². The molecule has 2 rings (SSSR count). The van der Waals surface area contributed by atoms with Crippen molar-refractivity contribution in [2.45, 2.75) is 6.92 Å². The van der Waals surface area contributed by atoms with E-state index in [4.69, 9.17) is 16.3 Å². The quantitative estimate of drug-likeness (QED) is 0.834. The summed E-state index contributed by atoms with van der Waals surface area (Å²) in [6, 6.07) is 11.4. The van der Waals surface area contributed by atoms with E-state index in [0.29, 0.717) is 11.8 Å². The van der Waals surface area contributed by atoms with Crippen LogP contribution in [0, 0.1) is 0 Å². The zero-order valence-electron chi connectivity index (χ0n) is 9.48. The molecule has 4 heteroatoms. The number of rotatable bonds is 4. The van der Waals surface area contributed by atoms with E-state index < -0.39 is 0 Å². The zero-order valence-corrected chi connectivity index (χ0v) is 10.2. The molecule has 17 heavy (non-hydrogen) atoms. The van der Waals surface area contributed by atoms with Crippen LogP contribution in [-0.2, 0) is 0 Å². The molecule has 0 amide bonds. The van der Waals surface area contributed by atoms with E-state index in [0.717, 1.165) is 17.1 Å². The minimum Gasteiger partial charge on any atom is -0.494 e. The fraction of sp³-hybridized carbons (Fsp3) is 0.154. The van der Waals surface area contributed by atoms with Crippen LogP contribution in [0.1, 0.15) is 6.92 Å². The molecule has 0 radical (unpaired) electrons. The first-order chi connectivity index (χ1) is 8.28. The van der Waals surface area contributed by atoms with Gasteiger partial charge in [-0.05, 0) is 43.3 Å². The highest BCUT2D eigenvalue weighted by Crippen LogP contribution is 2.21. The number of hydrogen-bond donors (Lipinski definition) is 1. The van der Waals surface area contributed by atoms with Crippen LogP contribution in [0.25, 0.3) is 0 Å². The number of halogens is 1. The normalized spacial score (nSPS) is 10.0. The Kier molecular flexibility index (Phi) is 3.83. The van der Waals surface area contributed by atoms with Crippen molar-refractivity contribution in [2.75, 3.05) is 11.9 Å². The third-order valence-corrected chi connectivity index (χ3v) is 2.39. The summed E-state index contributed by atoms with van der Waals surface area (Å²) >= 11 is 5.81. The molecule has 0 bridgehead atoms. The standard InChI is InChI=1S/C13H13ClN2O/c1-2-17-12-5-3-10(4-6-12)16-11-7-8-15-13(14)9-11/h3-9H,2H2,1H3,(H,15,16). The van der Waals surface area contributed by atoms with Gasteiger partial charge in [0.1, 0.15) is 10.9 Å². The van der Waals surface area contributed by atoms with Crippen molar-refractivity contribution < 1.29 is 4.74 Å². The van der Waals surface area contributed by atoms with E-state index in [9.17, 15) is 0 Å². The van der Waals surface area contributed by atoms with Crippen LogP contribution in [0.3, 0.4) is 0 Å². The van der Waals surface area contributed by atoms with Gasteiger partial charge in [0.15, 0.2) is 0 Å². The van der Waals surface area contributed by atoms with E-state index in [1.165, 1.54) is 0 Å². The fourth-order valence-electron chi connectivity index (χ4n) is 1.45. The first-order valence-electron chi connectivity index (χ1n) is 5.39. The number of aromatic nitrogens is 1. The van der Waals surface area contributed by atoms with E-state index >= 15 is 0 Å². The van der Waals surface area contributed by atoms with Gasteiger partial charge in [-0.15, -0.1) is 0 Å². The minimum atomic E-state index is 0.473. The maximum Gasteiger partial charge on any atom is 0.131 e. The molecule has 0 saturated heterocycles. The number of nitrogens with one attached hydrogen (secondary N) is 1. The van der Waals surface area contributed by atoms with Gasteiger partial charge < -0.3 is 10.1 Å². The van der Waals surface area contributed by atoms with Gasteiger partial charge in [0, 0.05) is 17.6 Å². The Bertz CT molecular complexity index is 485. The Hall–Kier alpha value is -1.74. The summed E-state index contributed by atoms with van der Waals surface area (Å²) in [4.78, 5) is 3.93. The highest BCUT2D eigenvalue weighted by molar-refractivity contribution is 6.29. The topological polar surface area (TPSA) is 34.1 Å². The van der Waals surface area contributed by atoms with Gasteiger partial charge in [0.2, 0.25) is 0 Å². The smallest absolute Gasteiger partial charge is 0.131 e. The molecule has 0 fully saturated rings. The molecule has 3 nitrogen and oxygen atoms in total. The molecule has 1 N–H and O–H groups in total. The number of pyridine rings is 1. The Labute approximate surface area is 105 Å². The molecular formula is C13H13ClN2O. The summed E-state index contributed by atoms with van der Waals surface area (Å²) in [6.45, 7) is 2.64. The molecule has 0 unspecified atom stereocenters. The van der Waals surface area contributed by atoms with E-state index in [2.05, 4.69) is 10.3 Å². The molecule has 1 aromatic carbocycles. The van der Waals surface area contributed by atoms with Gasteiger partial charge in [-0.1, -0.05) is 11.6 Å². The van der Waals surface area contributed by atoms with Crippen molar-refractivity contribution >= 4 is 23.0 Å². The molecule has 2 aromatic rings. The maximum absolute atomic E-state index is 5.81. The lowest BCUT2D eigenvalue weighted by atomic mass is 10.3. The number of hydrogen-bond acceptors (Lipinski definition) is 3. The Morgan fingerprint density at radius 2 is 1.94 bits per heavy atom. The summed E-state index contributed by atoms with van der Waals surface area (Å²) in [6.07, 6.45) is 1.67. The summed E-state index contributed by atoms with van der Waals surface area (Å²) in [5, 5.41) is 3.71. The first-order valence-corrected chi connectivity index (χ1v) is 5.77. The number of nitrogens with zero attached hydrogens (tertiary/aromatic N) is 1. The van der Waals surface area contributed by atoms with Crippen LogP contribution in [0.2, 0.25) is 5.15 Å². The van der Waals surface area contributed by atoms with Crippen molar-refractivity contribution in [2.24, 2.45) is 0 Å². The van der Waals surface area contributed by atoms with Crippen LogP contribution in [0.15, 0.2) is 42.6 Å². The summed E-state index contributed by atoms with van der Waals surface area (Å²) in [5.41, 5.74) is 1.89. The maximum atomic E-state index is 5.81. The average Bonchev–Trinajstić information content (AvgIpc) is 2.32. The first kappa shape index (κ1) is 11.7. The number of anilines is 2. The van der Waals surface area contributed by atoms with Crippen LogP contribution in [-0.4, -0.2) is 11.6 Å². The molecular weight excluding hydrogens is 236 g/mol. The van der Waals surface area contributed by atoms with E-state index in [-0.39, 0.29) is 0 Å². The van der Waals surface area contributed by atoms with Crippen molar-refractivity contribution in [3.63, 3.8) is 0 Å². The predicted octanol–water partition coefficient (Wildman–Crippen LogP) is 3.88. The Morgan fingerprint density at radius 3 is 2.59 bits per heavy atom. The predicted molar refractivity (Wildman–Crippen MR) is 70.1 cm³/mol. The van der Waals surface area contributed by atoms with Gasteiger partial charge >= 0.3 is 0 Å². The summed E-state index contributed by atoms with van der Waals surface area (Å²) < 4.78 is 5.37. The molecule has 88 valence electrons. The highest BCUT2D eigenvalue weighted by Gasteiger charge is 1.97. The third-order valence-electron chi connectivity index (χ3n) is 2.18. The lowest BCUT2D eigenvalue weighted by Gasteiger charge is -2.07. The molecule has 0 aliphatic rings. The Morgan fingerprint density at radius 1 is 1.18 bits per heavy atom. The van der Waals surface area contributed by atoms with E-state index in [1.54, 1.807) is 12.3 Å². The lowest BCUT2D eigenvalue weighted by molar-refractivity contribution is 0.340. The van der Waals surface area contributed by atoms with Gasteiger partial charge in [-0.25, -0.2) is 4.98 Å². The molecule has 0 spiro atoms. The van der Waals surface area contributed by atoms with Crippen LogP contribution < -0.4 is 10.1 Å². The second kappa shape index (κ2) is 5.55. The lowest BCUT2D eigenvalue weighted by Crippen LogP contribution is -1.93. The highest BCUT2D eigenvalue weighted by atomic mass is 35.5. The third kappa shape index (κ3) is 3.36. The molecule has 1 aromatic heterocycles. The second-order valence-electron chi connectivity index (χ2n) is 3.45. The van der Waals surface area contributed by atoms with Crippen LogP contribution >= 0.6 is 11.6 Å². The van der Waals surface area contributed by atoms with Gasteiger partial charge in [0.25, 0.3) is 0 Å². The molecule has 0 aliphatic heterocycles. The zero-order chi connectivity index (χ0) is 12.1. The molecule has 1 heterocycles. The second-order valence-corrected chi connectivity index (χ2v) is 3.84. The number of ether oxygens (including phenoxy) is 1. The molecule has 0 aliphatic carbocycles. The molecule has 0 atom stereocenters. The van der Waals surface area contributed by atoms with Crippen molar-refractivity contribution in [3.05, 3.63) is 47.7 Å². The Balaban J connectivity index is 2.08. The van der Waals surface area contributed by atoms with Crippen LogP contribution in [0.5, 0.6) is 5.75 Å². The molecule has 0 saturated carbocycles. The van der Waals surface area contributed by atoms with Gasteiger partial charge in [0.05, 0.1) is 6.61 Å². The SMILES string of the molecule is CCOc1ccc(Nc2ccnc(Cl)c2)cc1. The van der Waals surface area contributed by atoms with Gasteiger partial charge in [-0.2, -0.15) is 0 Å². The summed E-state index contributed by atoms with van der Waals surface area (Å²) in [7, 11) is 0. The largest absolute Gasteiger partial charge is 0.494 e. The minimum absolute atomic E-state index is 0.473. The monoisotopic (exact) mass is 248 g/mol. The van der Waals surface area contributed by atoms with Crippen molar-refractivity contribution in [3.8, 4) is 5.75 Å². The number of benzene rings is 1. The summed E-state index contributed by atoms with van der Waals surface area (Å²) in [5.74, 6) is 0.866. The van der Waals surface area contributed by atoms with Crippen molar-refractivity contribution in [1.29, 1.82) is 0 Å². The van der Waals surface area contributed by atoms with Crippen molar-refractivity contribution in [1.82, 2.24) is 4.98 Å². The average molecular weight is 249 g/mol. The van der Waals surface area contributed by atoms with E-state index in [1.807, 2.05) is 37.3 Å². The van der Waals surface area contributed by atoms with Crippen LogP contribution in [0.4, 0.5) is 11.4 Å². The fourth-order valence-corrected chi connectivity index (χ4v) is 1.62.